The van der Waals surface area contributed by atoms with Crippen LogP contribution in [0.3, 0.4) is 0 Å². The molecule has 1 N–H and O–H groups in total. The van der Waals surface area contributed by atoms with Gasteiger partial charge >= 0.3 is 0 Å². The Morgan fingerprint density at radius 3 is 2.95 bits per heavy atom. The van der Waals surface area contributed by atoms with Crippen LogP contribution in [0.25, 0.3) is 0 Å². The number of rotatable bonds is 3. The lowest BCUT2D eigenvalue weighted by molar-refractivity contribution is -0.383. The van der Waals surface area contributed by atoms with Crippen molar-refractivity contribution in [2.24, 2.45) is 0 Å². The fraction of sp³-hybridized carbons (Fsp3) is 0.500. The van der Waals surface area contributed by atoms with Gasteiger partial charge in [0.1, 0.15) is 5.69 Å². The number of ether oxygens (including phenoxy) is 1. The molecule has 0 spiro atoms. The summed E-state index contributed by atoms with van der Waals surface area (Å²) in [4.78, 5) is 24.7. The predicted octanol–water partition coefficient (Wildman–Crippen LogP) is 1.89. The van der Waals surface area contributed by atoms with E-state index in [1.807, 2.05) is 6.92 Å². The fourth-order valence-corrected chi connectivity index (χ4v) is 2.39. The molecule has 21 heavy (non-hydrogen) atoms. The SMILES string of the molecule is CNc1cc(C(=O)N2CCCOC(C)C2)ccc1[N+](=O)[O-]. The lowest BCUT2D eigenvalue weighted by Crippen LogP contribution is -2.35. The first kappa shape index (κ1) is 15.2. The summed E-state index contributed by atoms with van der Waals surface area (Å²) in [5, 5.41) is 13.7. The Labute approximate surface area is 123 Å². The second-order valence-corrected chi connectivity index (χ2v) is 5.03. The van der Waals surface area contributed by atoms with Crippen LogP contribution in [0.5, 0.6) is 0 Å². The van der Waals surface area contributed by atoms with E-state index in [1.54, 1.807) is 11.9 Å². The second-order valence-electron chi connectivity index (χ2n) is 5.03. The number of nitro benzene ring substituents is 1. The highest BCUT2D eigenvalue weighted by atomic mass is 16.6. The zero-order valence-electron chi connectivity index (χ0n) is 12.2. The van der Waals surface area contributed by atoms with Crippen molar-refractivity contribution in [1.82, 2.24) is 4.90 Å². The molecular weight excluding hydrogens is 274 g/mol. The van der Waals surface area contributed by atoms with E-state index in [9.17, 15) is 14.9 Å². The summed E-state index contributed by atoms with van der Waals surface area (Å²) < 4.78 is 5.52. The molecular formula is C14H19N3O4. The van der Waals surface area contributed by atoms with Crippen LogP contribution in [-0.4, -0.2) is 48.6 Å². The summed E-state index contributed by atoms with van der Waals surface area (Å²) in [5.41, 5.74) is 0.741. The monoisotopic (exact) mass is 293 g/mol. The van der Waals surface area contributed by atoms with Crippen LogP contribution in [-0.2, 0) is 4.74 Å². The van der Waals surface area contributed by atoms with E-state index in [0.717, 1.165) is 6.42 Å². The number of anilines is 1. The van der Waals surface area contributed by atoms with Gasteiger partial charge < -0.3 is 15.0 Å². The summed E-state index contributed by atoms with van der Waals surface area (Å²) in [6.07, 6.45) is 0.792. The molecule has 0 aromatic heterocycles. The zero-order valence-corrected chi connectivity index (χ0v) is 12.2. The lowest BCUT2D eigenvalue weighted by Gasteiger charge is -2.22. The van der Waals surface area contributed by atoms with Gasteiger partial charge in [0.05, 0.1) is 11.0 Å². The number of nitrogens with one attached hydrogen (secondary N) is 1. The van der Waals surface area contributed by atoms with Gasteiger partial charge in [-0.05, 0) is 25.5 Å². The standard InChI is InChI=1S/C14H19N3O4/c1-10-9-16(6-3-7-21-10)14(18)11-4-5-13(17(19)20)12(8-11)15-2/h4-5,8,10,15H,3,6-7,9H2,1-2H3. The Kier molecular flexibility index (Phi) is 4.74. The zero-order chi connectivity index (χ0) is 15.4. The maximum atomic E-state index is 12.5. The Morgan fingerprint density at radius 2 is 2.29 bits per heavy atom. The van der Waals surface area contributed by atoms with E-state index >= 15 is 0 Å². The van der Waals surface area contributed by atoms with E-state index in [2.05, 4.69) is 5.32 Å². The molecule has 1 atom stereocenters. The van der Waals surface area contributed by atoms with E-state index in [-0.39, 0.29) is 17.7 Å². The van der Waals surface area contributed by atoms with Gasteiger partial charge in [0, 0.05) is 38.4 Å². The van der Waals surface area contributed by atoms with Gasteiger partial charge in [0.25, 0.3) is 11.6 Å². The second kappa shape index (κ2) is 6.53. The maximum absolute atomic E-state index is 12.5. The first-order valence-corrected chi connectivity index (χ1v) is 6.90. The van der Waals surface area contributed by atoms with Crippen LogP contribution < -0.4 is 5.32 Å². The first-order valence-electron chi connectivity index (χ1n) is 6.90. The third-order valence-corrected chi connectivity index (χ3v) is 3.45. The van der Waals surface area contributed by atoms with Gasteiger partial charge in [-0.15, -0.1) is 0 Å². The van der Waals surface area contributed by atoms with Crippen LogP contribution in [0.15, 0.2) is 18.2 Å². The van der Waals surface area contributed by atoms with E-state index in [4.69, 9.17) is 4.74 Å². The van der Waals surface area contributed by atoms with Crippen molar-refractivity contribution in [3.8, 4) is 0 Å². The molecule has 1 fully saturated rings. The molecule has 1 aliphatic heterocycles. The number of carbonyl (C=O) groups excluding carboxylic acids is 1. The number of benzene rings is 1. The summed E-state index contributed by atoms with van der Waals surface area (Å²) in [5.74, 6) is -0.126. The molecule has 0 aliphatic carbocycles. The van der Waals surface area contributed by atoms with Crippen LogP contribution in [0, 0.1) is 10.1 Å². The quantitative estimate of drug-likeness (QED) is 0.679. The summed E-state index contributed by atoms with van der Waals surface area (Å²) in [6.45, 7) is 3.74. The topological polar surface area (TPSA) is 84.7 Å². The molecule has 1 aromatic carbocycles. The molecule has 1 amide bonds. The molecule has 114 valence electrons. The molecule has 1 unspecified atom stereocenters. The molecule has 7 nitrogen and oxygen atoms in total. The first-order chi connectivity index (χ1) is 10.0. The van der Waals surface area contributed by atoms with Crippen LogP contribution >= 0.6 is 0 Å². The van der Waals surface area contributed by atoms with Crippen molar-refractivity contribution in [3.05, 3.63) is 33.9 Å². The average Bonchev–Trinajstić information content (AvgIpc) is 2.70. The molecule has 1 aliphatic rings. The van der Waals surface area contributed by atoms with E-state index in [0.29, 0.717) is 30.9 Å². The number of amides is 1. The van der Waals surface area contributed by atoms with Gasteiger partial charge in [-0.3, -0.25) is 14.9 Å². The van der Waals surface area contributed by atoms with Crippen LogP contribution in [0.1, 0.15) is 23.7 Å². The smallest absolute Gasteiger partial charge is 0.292 e. The fourth-order valence-electron chi connectivity index (χ4n) is 2.39. The van der Waals surface area contributed by atoms with Gasteiger partial charge in [-0.1, -0.05) is 0 Å². The highest BCUT2D eigenvalue weighted by Crippen LogP contribution is 2.25. The Hall–Kier alpha value is -2.15. The summed E-state index contributed by atoms with van der Waals surface area (Å²) in [7, 11) is 1.60. The van der Waals surface area contributed by atoms with Gasteiger partial charge in [0.2, 0.25) is 0 Å². The minimum Gasteiger partial charge on any atom is -0.383 e. The van der Waals surface area contributed by atoms with Crippen molar-refractivity contribution in [1.29, 1.82) is 0 Å². The molecule has 1 aromatic rings. The number of hydrogen-bond donors (Lipinski definition) is 1. The Balaban J connectivity index is 2.24. The van der Waals surface area contributed by atoms with Crippen molar-refractivity contribution in [2.75, 3.05) is 32.1 Å². The van der Waals surface area contributed by atoms with Gasteiger partial charge in [-0.25, -0.2) is 0 Å². The van der Waals surface area contributed by atoms with Crippen LogP contribution in [0.4, 0.5) is 11.4 Å². The van der Waals surface area contributed by atoms with Crippen molar-refractivity contribution in [3.63, 3.8) is 0 Å². The molecule has 1 heterocycles. The minimum atomic E-state index is -0.470. The molecule has 7 heteroatoms. The van der Waals surface area contributed by atoms with E-state index < -0.39 is 4.92 Å². The third kappa shape index (κ3) is 3.49. The number of carbonyl (C=O) groups is 1. The lowest BCUT2D eigenvalue weighted by atomic mass is 10.1. The predicted molar refractivity (Wildman–Crippen MR) is 78.6 cm³/mol. The highest BCUT2D eigenvalue weighted by molar-refractivity contribution is 5.96. The number of nitrogens with zero attached hydrogens (tertiary/aromatic N) is 2. The number of nitro groups is 1. The number of hydrogen-bond acceptors (Lipinski definition) is 5. The van der Waals surface area contributed by atoms with Crippen LogP contribution in [0.2, 0.25) is 0 Å². The third-order valence-electron chi connectivity index (χ3n) is 3.45. The molecule has 1 saturated heterocycles. The van der Waals surface area contributed by atoms with Crippen molar-refractivity contribution >= 4 is 17.3 Å². The largest absolute Gasteiger partial charge is 0.383 e. The summed E-state index contributed by atoms with van der Waals surface area (Å²) in [6, 6.07) is 4.38. The molecule has 0 saturated carbocycles. The molecule has 0 bridgehead atoms. The van der Waals surface area contributed by atoms with E-state index in [1.165, 1.54) is 18.2 Å². The Morgan fingerprint density at radius 1 is 1.52 bits per heavy atom. The van der Waals surface area contributed by atoms with Crippen molar-refractivity contribution < 1.29 is 14.5 Å². The maximum Gasteiger partial charge on any atom is 0.292 e. The molecule has 0 radical (unpaired) electrons. The average molecular weight is 293 g/mol. The highest BCUT2D eigenvalue weighted by Gasteiger charge is 2.23. The van der Waals surface area contributed by atoms with Gasteiger partial charge in [0.15, 0.2) is 0 Å². The van der Waals surface area contributed by atoms with Gasteiger partial charge in [-0.2, -0.15) is 0 Å². The Bertz CT molecular complexity index is 547. The normalized spacial score (nSPS) is 19.0. The molecule has 2 rings (SSSR count). The summed E-state index contributed by atoms with van der Waals surface area (Å²) >= 11 is 0. The minimum absolute atomic E-state index is 0.00160. The van der Waals surface area contributed by atoms with Crippen molar-refractivity contribution in [2.45, 2.75) is 19.4 Å².